The van der Waals surface area contributed by atoms with Gasteiger partial charge in [0.15, 0.2) is 11.2 Å². The first-order valence-electron chi connectivity index (χ1n) is 14.7. The Labute approximate surface area is 248 Å². The Morgan fingerprint density at radius 3 is 2.40 bits per heavy atom. The van der Waals surface area contributed by atoms with E-state index in [1.54, 1.807) is 18.6 Å². The minimum atomic E-state index is -0.738. The molecule has 0 saturated heterocycles. The third kappa shape index (κ3) is 5.43. The van der Waals surface area contributed by atoms with Gasteiger partial charge in [-0.1, -0.05) is 67.8 Å². The van der Waals surface area contributed by atoms with Crippen molar-refractivity contribution < 1.29 is 9.47 Å². The summed E-state index contributed by atoms with van der Waals surface area (Å²) in [5.74, 6) is 1.59. The van der Waals surface area contributed by atoms with E-state index in [9.17, 15) is 9.59 Å². The molecule has 0 radical (unpaired) electrons. The number of tetrazole rings is 1. The molecule has 3 aromatic heterocycles. The smallest absolute Gasteiger partial charge is 0.334 e. The molecule has 6 rings (SSSR count). The molecule has 224 valence electrons. The molecule has 12 heteroatoms. The van der Waals surface area contributed by atoms with E-state index in [1.165, 1.54) is 18.1 Å². The van der Waals surface area contributed by atoms with Gasteiger partial charge in [0.05, 0.1) is 13.2 Å². The van der Waals surface area contributed by atoms with Crippen LogP contribution in [0.2, 0.25) is 0 Å². The van der Waals surface area contributed by atoms with Crippen LogP contribution in [0.15, 0.2) is 58.1 Å². The van der Waals surface area contributed by atoms with Crippen molar-refractivity contribution in [1.29, 1.82) is 0 Å². The fourth-order valence-electron chi connectivity index (χ4n) is 6.10. The van der Waals surface area contributed by atoms with Crippen LogP contribution in [-0.4, -0.2) is 60.1 Å². The third-order valence-electron chi connectivity index (χ3n) is 8.41. The van der Waals surface area contributed by atoms with Crippen LogP contribution >= 0.6 is 0 Å². The van der Waals surface area contributed by atoms with Gasteiger partial charge in [-0.15, -0.1) is 10.2 Å². The van der Waals surface area contributed by atoms with Gasteiger partial charge in [-0.25, -0.2) is 14.3 Å². The van der Waals surface area contributed by atoms with Gasteiger partial charge >= 0.3 is 5.69 Å². The maximum atomic E-state index is 14.0. The van der Waals surface area contributed by atoms with E-state index in [1.807, 2.05) is 28.8 Å². The summed E-state index contributed by atoms with van der Waals surface area (Å²) in [4.78, 5) is 32.6. The molecule has 1 saturated carbocycles. The normalized spacial score (nSPS) is 14.9. The summed E-state index contributed by atoms with van der Waals surface area (Å²) in [6.45, 7) is 2.72. The zero-order valence-electron chi connectivity index (χ0n) is 24.7. The summed E-state index contributed by atoms with van der Waals surface area (Å²) in [5.41, 5.74) is 3.85. The quantitative estimate of drug-likeness (QED) is 0.259. The van der Waals surface area contributed by atoms with Gasteiger partial charge in [0.2, 0.25) is 5.82 Å². The van der Waals surface area contributed by atoms with Crippen molar-refractivity contribution in [2.45, 2.75) is 64.3 Å². The molecule has 0 aliphatic heterocycles. The average molecular weight is 585 g/mol. The van der Waals surface area contributed by atoms with Crippen molar-refractivity contribution in [3.63, 3.8) is 0 Å². The summed E-state index contributed by atoms with van der Waals surface area (Å²) in [7, 11) is 3.08. The lowest BCUT2D eigenvalue weighted by atomic mass is 9.88. The third-order valence-corrected chi connectivity index (χ3v) is 8.41. The standard InChI is InChI=1S/C31H36N8O4/c1-20(43-3)39-30(40)26-29(37(31(39)41)17-18-42-2)32-28(23-9-5-4-6-10-23)38(26)19-21-13-15-22(16-14-21)24-11-7-8-12-25(24)27-33-35-36-34-27/h7-8,11-16,20,23H,4-6,9-10,17-19H2,1-3H3,(H,33,34,35,36). The van der Waals surface area contributed by atoms with Gasteiger partial charge in [0.25, 0.3) is 5.56 Å². The number of nitrogens with one attached hydrogen (secondary N) is 1. The number of nitrogens with zero attached hydrogens (tertiary/aromatic N) is 7. The second-order valence-corrected chi connectivity index (χ2v) is 11.0. The predicted molar refractivity (Wildman–Crippen MR) is 162 cm³/mol. The molecule has 1 atom stereocenters. The highest BCUT2D eigenvalue weighted by Gasteiger charge is 2.28. The summed E-state index contributed by atoms with van der Waals surface area (Å²) in [6, 6.07) is 16.2. The summed E-state index contributed by atoms with van der Waals surface area (Å²) in [5, 5.41) is 14.6. The predicted octanol–water partition coefficient (Wildman–Crippen LogP) is 4.11. The molecule has 1 aliphatic carbocycles. The van der Waals surface area contributed by atoms with Gasteiger partial charge in [0.1, 0.15) is 12.1 Å². The van der Waals surface area contributed by atoms with Crippen molar-refractivity contribution in [2.24, 2.45) is 0 Å². The largest absolute Gasteiger partial charge is 0.383 e. The van der Waals surface area contributed by atoms with E-state index in [0.29, 0.717) is 30.1 Å². The van der Waals surface area contributed by atoms with E-state index in [2.05, 4.69) is 44.9 Å². The van der Waals surface area contributed by atoms with Crippen LogP contribution in [0.4, 0.5) is 0 Å². The van der Waals surface area contributed by atoms with E-state index in [4.69, 9.17) is 14.5 Å². The number of aromatic amines is 1. The maximum absolute atomic E-state index is 14.0. The zero-order chi connectivity index (χ0) is 29.9. The fourth-order valence-corrected chi connectivity index (χ4v) is 6.10. The first kappa shape index (κ1) is 28.7. The second-order valence-electron chi connectivity index (χ2n) is 11.0. The minimum Gasteiger partial charge on any atom is -0.383 e. The van der Waals surface area contributed by atoms with Crippen LogP contribution in [0.5, 0.6) is 0 Å². The molecule has 1 unspecified atom stereocenters. The number of hydrogen-bond donors (Lipinski definition) is 1. The Balaban J connectivity index is 1.47. The molecule has 5 aromatic rings. The lowest BCUT2D eigenvalue weighted by Gasteiger charge is -2.22. The average Bonchev–Trinajstić information content (AvgIpc) is 3.71. The highest BCUT2D eigenvalue weighted by molar-refractivity contribution is 5.80. The number of imidazole rings is 1. The lowest BCUT2D eigenvalue weighted by Crippen LogP contribution is -2.43. The number of rotatable bonds is 10. The minimum absolute atomic E-state index is 0.209. The van der Waals surface area contributed by atoms with Gasteiger partial charge in [-0.05, 0) is 41.7 Å². The van der Waals surface area contributed by atoms with Crippen molar-refractivity contribution >= 4 is 11.2 Å². The molecule has 0 amide bonds. The van der Waals surface area contributed by atoms with E-state index < -0.39 is 17.5 Å². The number of ether oxygens (including phenoxy) is 2. The monoisotopic (exact) mass is 584 g/mol. The number of H-pyrrole nitrogens is 1. The van der Waals surface area contributed by atoms with Gasteiger partial charge < -0.3 is 14.0 Å². The number of aromatic nitrogens is 8. The first-order valence-corrected chi connectivity index (χ1v) is 14.7. The number of hydrogen-bond acceptors (Lipinski definition) is 8. The molecular weight excluding hydrogens is 548 g/mol. The number of benzene rings is 2. The molecule has 1 N–H and O–H groups in total. The van der Waals surface area contributed by atoms with Crippen LogP contribution in [0.25, 0.3) is 33.7 Å². The molecule has 0 bridgehead atoms. The molecular formula is C31H36N8O4. The van der Waals surface area contributed by atoms with Crippen LogP contribution in [0.1, 0.15) is 62.6 Å². The molecule has 3 heterocycles. The van der Waals surface area contributed by atoms with E-state index in [-0.39, 0.29) is 12.5 Å². The Kier molecular flexibility index (Phi) is 8.30. The fraction of sp³-hybridized carbons (Fsp3) is 0.419. The Hall–Kier alpha value is -4.42. The summed E-state index contributed by atoms with van der Waals surface area (Å²) < 4.78 is 15.5. The van der Waals surface area contributed by atoms with Crippen molar-refractivity contribution in [2.75, 3.05) is 20.8 Å². The molecule has 43 heavy (non-hydrogen) atoms. The Morgan fingerprint density at radius 1 is 0.977 bits per heavy atom. The van der Waals surface area contributed by atoms with Gasteiger partial charge in [-0.2, -0.15) is 5.21 Å². The Bertz CT molecular complexity index is 1820. The van der Waals surface area contributed by atoms with Gasteiger partial charge in [0, 0.05) is 32.2 Å². The van der Waals surface area contributed by atoms with E-state index >= 15 is 0 Å². The number of fused-ring (bicyclic) bond motifs is 1. The van der Waals surface area contributed by atoms with E-state index in [0.717, 1.165) is 53.8 Å². The van der Waals surface area contributed by atoms with Crippen LogP contribution in [0.3, 0.4) is 0 Å². The molecule has 1 fully saturated rings. The highest BCUT2D eigenvalue weighted by Crippen LogP contribution is 2.34. The maximum Gasteiger partial charge on any atom is 0.334 e. The second kappa shape index (κ2) is 12.4. The lowest BCUT2D eigenvalue weighted by molar-refractivity contribution is 0.0526. The van der Waals surface area contributed by atoms with Crippen molar-refractivity contribution in [3.05, 3.63) is 80.8 Å². The molecule has 1 aliphatic rings. The van der Waals surface area contributed by atoms with Crippen LogP contribution in [0, 0.1) is 0 Å². The topological polar surface area (TPSA) is 135 Å². The zero-order valence-corrected chi connectivity index (χ0v) is 24.7. The Morgan fingerprint density at radius 2 is 1.72 bits per heavy atom. The SMILES string of the molecule is COCCn1c(=O)n(C(C)OC)c(=O)c2c1nc(C1CCCCC1)n2Cc1ccc(-c2ccccc2-c2nn[nH]n2)cc1. The summed E-state index contributed by atoms with van der Waals surface area (Å²) >= 11 is 0. The molecule has 0 spiro atoms. The number of methoxy groups -OCH3 is 2. The molecule has 2 aromatic carbocycles. The van der Waals surface area contributed by atoms with Crippen LogP contribution < -0.4 is 11.2 Å². The molecule has 12 nitrogen and oxygen atoms in total. The van der Waals surface area contributed by atoms with Gasteiger partial charge in [-0.3, -0.25) is 9.36 Å². The summed E-state index contributed by atoms with van der Waals surface area (Å²) in [6.07, 6.45) is 4.69. The van der Waals surface area contributed by atoms with Crippen LogP contribution in [-0.2, 0) is 22.6 Å². The van der Waals surface area contributed by atoms with Crippen molar-refractivity contribution in [1.82, 2.24) is 39.3 Å². The van der Waals surface area contributed by atoms with Crippen molar-refractivity contribution in [3.8, 4) is 22.5 Å². The first-order chi connectivity index (χ1) is 21.0. The highest BCUT2D eigenvalue weighted by atomic mass is 16.5.